The average molecular weight is 543 g/mol. The van der Waals surface area contributed by atoms with Gasteiger partial charge in [-0.05, 0) is 72.3 Å². The van der Waals surface area contributed by atoms with Gasteiger partial charge < -0.3 is 19.1 Å². The number of halogens is 1. The quantitative estimate of drug-likeness (QED) is 0.354. The molecule has 2 aliphatic heterocycles. The van der Waals surface area contributed by atoms with E-state index in [4.69, 9.17) is 14.2 Å². The lowest BCUT2D eigenvalue weighted by Crippen LogP contribution is -2.34. The van der Waals surface area contributed by atoms with Gasteiger partial charge in [0.2, 0.25) is 0 Å². The molecule has 2 heterocycles. The second-order valence-electron chi connectivity index (χ2n) is 7.86. The van der Waals surface area contributed by atoms with Crippen molar-refractivity contribution in [3.05, 3.63) is 80.4 Å². The number of benzene rings is 2. The van der Waals surface area contributed by atoms with Crippen LogP contribution in [0.3, 0.4) is 0 Å². The molecule has 0 spiro atoms. The fraction of sp³-hybridized carbons (Fsp3) is 0.308. The Labute approximate surface area is 212 Å². The van der Waals surface area contributed by atoms with Gasteiger partial charge in [0.05, 0.1) is 35.0 Å². The summed E-state index contributed by atoms with van der Waals surface area (Å²) < 4.78 is 18.3. The SMILES string of the molecule is CCOC(=O)C1=C(C)N=C2SC=CN2[C@@H]1c1cc(Br)c(OCc2ccc(C)cc2)c(OCC)c1. The van der Waals surface area contributed by atoms with E-state index < -0.39 is 0 Å². The molecule has 2 aliphatic rings. The second-order valence-corrected chi connectivity index (χ2v) is 9.59. The van der Waals surface area contributed by atoms with Crippen molar-refractivity contribution in [1.29, 1.82) is 0 Å². The van der Waals surface area contributed by atoms with Gasteiger partial charge in [-0.3, -0.25) is 0 Å². The molecule has 0 saturated carbocycles. The summed E-state index contributed by atoms with van der Waals surface area (Å²) in [7, 11) is 0. The van der Waals surface area contributed by atoms with Crippen LogP contribution in [0, 0.1) is 6.92 Å². The summed E-state index contributed by atoms with van der Waals surface area (Å²) in [6.07, 6.45) is 1.94. The number of fused-ring (bicyclic) bond motifs is 1. The molecule has 8 heteroatoms. The number of aliphatic imine (C=N–C) groups is 1. The summed E-state index contributed by atoms with van der Waals surface area (Å²) in [6.45, 7) is 8.83. The molecule has 0 unspecified atom stereocenters. The minimum absolute atomic E-state index is 0.295. The molecule has 0 radical (unpaired) electrons. The first-order chi connectivity index (χ1) is 16.4. The Morgan fingerprint density at radius 3 is 2.59 bits per heavy atom. The van der Waals surface area contributed by atoms with Gasteiger partial charge in [0, 0.05) is 6.20 Å². The Balaban J connectivity index is 1.72. The molecular weight excluding hydrogens is 516 g/mol. The Kier molecular flexibility index (Phi) is 7.68. The highest BCUT2D eigenvalue weighted by Crippen LogP contribution is 2.45. The van der Waals surface area contributed by atoms with E-state index in [2.05, 4.69) is 52.1 Å². The highest BCUT2D eigenvalue weighted by molar-refractivity contribution is 9.10. The van der Waals surface area contributed by atoms with E-state index in [-0.39, 0.29) is 12.0 Å². The van der Waals surface area contributed by atoms with Crippen LogP contribution < -0.4 is 9.47 Å². The van der Waals surface area contributed by atoms with E-state index in [9.17, 15) is 4.79 Å². The summed E-state index contributed by atoms with van der Waals surface area (Å²) in [5.74, 6) is 0.868. The predicted octanol–water partition coefficient (Wildman–Crippen LogP) is 6.50. The zero-order valence-electron chi connectivity index (χ0n) is 19.6. The van der Waals surface area contributed by atoms with Crippen LogP contribution in [0.15, 0.2) is 68.7 Å². The normalized spacial score (nSPS) is 16.9. The van der Waals surface area contributed by atoms with Gasteiger partial charge in [0.25, 0.3) is 0 Å². The average Bonchev–Trinajstić information content (AvgIpc) is 3.27. The molecule has 0 aliphatic carbocycles. The number of nitrogens with zero attached hydrogens (tertiary/aromatic N) is 2. The van der Waals surface area contributed by atoms with Crippen LogP contribution in [0.4, 0.5) is 0 Å². The predicted molar refractivity (Wildman–Crippen MR) is 139 cm³/mol. The topological polar surface area (TPSA) is 60.4 Å². The van der Waals surface area contributed by atoms with Crippen LogP contribution in [0.25, 0.3) is 0 Å². The van der Waals surface area contributed by atoms with Crippen molar-refractivity contribution in [1.82, 2.24) is 4.90 Å². The largest absolute Gasteiger partial charge is 0.490 e. The molecule has 34 heavy (non-hydrogen) atoms. The summed E-state index contributed by atoms with van der Waals surface area (Å²) in [4.78, 5) is 19.6. The van der Waals surface area contributed by atoms with Gasteiger partial charge in [0.15, 0.2) is 16.7 Å². The maximum atomic E-state index is 13.0. The van der Waals surface area contributed by atoms with Gasteiger partial charge in [-0.15, -0.1) is 0 Å². The lowest BCUT2D eigenvalue weighted by atomic mass is 9.94. The molecule has 0 saturated heterocycles. The number of rotatable bonds is 8. The fourth-order valence-electron chi connectivity index (χ4n) is 3.89. The van der Waals surface area contributed by atoms with Crippen molar-refractivity contribution in [3.8, 4) is 11.5 Å². The van der Waals surface area contributed by atoms with Gasteiger partial charge >= 0.3 is 5.97 Å². The van der Waals surface area contributed by atoms with Crippen LogP contribution >= 0.6 is 27.7 Å². The third-order valence-corrected chi connectivity index (χ3v) is 6.83. The third-order valence-electron chi connectivity index (χ3n) is 5.47. The number of hydrogen-bond donors (Lipinski definition) is 0. The molecule has 2 aromatic rings. The van der Waals surface area contributed by atoms with E-state index in [1.54, 1.807) is 6.92 Å². The molecule has 0 N–H and O–H groups in total. The maximum Gasteiger partial charge on any atom is 0.338 e. The summed E-state index contributed by atoms with van der Waals surface area (Å²) in [5, 5.41) is 2.79. The Morgan fingerprint density at radius 2 is 1.88 bits per heavy atom. The molecule has 0 bridgehead atoms. The lowest BCUT2D eigenvalue weighted by Gasteiger charge is -2.33. The minimum atomic E-state index is -0.389. The molecule has 0 aromatic heterocycles. The highest BCUT2D eigenvalue weighted by Gasteiger charge is 2.38. The van der Waals surface area contributed by atoms with Crippen LogP contribution in [0.5, 0.6) is 11.5 Å². The standard InChI is InChI=1S/C26H27BrN2O4S/c1-5-31-21-14-19(13-20(27)24(21)33-15-18-9-7-16(3)8-10-18)23-22(25(30)32-6-2)17(4)28-26-29(23)11-12-34-26/h7-14,23H,5-6,15H2,1-4H3/t23-/m1/s1. The first kappa shape index (κ1) is 24.4. The van der Waals surface area contributed by atoms with E-state index in [0.29, 0.717) is 42.6 Å². The van der Waals surface area contributed by atoms with Gasteiger partial charge in [-0.2, -0.15) is 0 Å². The zero-order chi connectivity index (χ0) is 24.2. The molecule has 2 aromatic carbocycles. The first-order valence-corrected chi connectivity index (χ1v) is 12.8. The van der Waals surface area contributed by atoms with Crippen LogP contribution in [0.1, 0.15) is 43.5 Å². The Hall–Kier alpha value is -2.71. The van der Waals surface area contributed by atoms with Crippen LogP contribution in [0.2, 0.25) is 0 Å². The number of carbonyl (C=O) groups excluding carboxylic acids is 1. The third kappa shape index (κ3) is 5.03. The molecule has 1 atom stereocenters. The van der Waals surface area contributed by atoms with Crippen LogP contribution in [-0.4, -0.2) is 29.3 Å². The summed E-state index contributed by atoms with van der Waals surface area (Å²) in [5.41, 5.74) is 4.31. The minimum Gasteiger partial charge on any atom is -0.490 e. The zero-order valence-corrected chi connectivity index (χ0v) is 22.0. The Morgan fingerprint density at radius 1 is 1.12 bits per heavy atom. The number of aryl methyl sites for hydroxylation is 1. The lowest BCUT2D eigenvalue weighted by molar-refractivity contribution is -0.139. The summed E-state index contributed by atoms with van der Waals surface area (Å²) >= 11 is 5.21. The molecular formula is C26H27BrN2O4S. The van der Waals surface area contributed by atoms with Crippen molar-refractivity contribution in [2.45, 2.75) is 40.3 Å². The van der Waals surface area contributed by atoms with E-state index in [1.807, 2.05) is 42.5 Å². The highest BCUT2D eigenvalue weighted by atomic mass is 79.9. The van der Waals surface area contributed by atoms with Gasteiger partial charge in [-0.1, -0.05) is 41.6 Å². The van der Waals surface area contributed by atoms with Gasteiger partial charge in [0.1, 0.15) is 6.61 Å². The number of ether oxygens (including phenoxy) is 3. The number of hydrogen-bond acceptors (Lipinski definition) is 7. The van der Waals surface area contributed by atoms with E-state index in [1.165, 1.54) is 17.3 Å². The molecule has 6 nitrogen and oxygen atoms in total. The molecule has 178 valence electrons. The van der Waals surface area contributed by atoms with Crippen molar-refractivity contribution in [2.24, 2.45) is 4.99 Å². The monoisotopic (exact) mass is 542 g/mol. The fourth-order valence-corrected chi connectivity index (χ4v) is 5.25. The molecule has 0 amide bonds. The van der Waals surface area contributed by atoms with Crippen molar-refractivity contribution in [3.63, 3.8) is 0 Å². The van der Waals surface area contributed by atoms with E-state index in [0.717, 1.165) is 20.8 Å². The number of esters is 1. The van der Waals surface area contributed by atoms with Gasteiger partial charge in [-0.25, -0.2) is 9.79 Å². The first-order valence-electron chi connectivity index (χ1n) is 11.2. The van der Waals surface area contributed by atoms with Crippen molar-refractivity contribution in [2.75, 3.05) is 13.2 Å². The Bertz CT molecular complexity index is 1170. The molecule has 0 fully saturated rings. The smallest absolute Gasteiger partial charge is 0.338 e. The molecule has 4 rings (SSSR count). The van der Waals surface area contributed by atoms with Crippen molar-refractivity contribution < 1.29 is 19.0 Å². The number of thioether (sulfide) groups is 1. The van der Waals surface area contributed by atoms with Crippen LogP contribution in [-0.2, 0) is 16.1 Å². The van der Waals surface area contributed by atoms with Crippen molar-refractivity contribution >= 4 is 38.8 Å². The maximum absolute atomic E-state index is 13.0. The number of allylic oxidation sites excluding steroid dienone is 1. The van der Waals surface area contributed by atoms with E-state index >= 15 is 0 Å². The number of amidine groups is 1. The summed E-state index contributed by atoms with van der Waals surface area (Å²) in [6, 6.07) is 11.8. The number of carbonyl (C=O) groups is 1. The second kappa shape index (κ2) is 10.7.